The Morgan fingerprint density at radius 2 is 2.04 bits per heavy atom. The van der Waals surface area contributed by atoms with Gasteiger partial charge in [0, 0.05) is 25.6 Å². The summed E-state index contributed by atoms with van der Waals surface area (Å²) in [5.74, 6) is 1.08. The van der Waals surface area contributed by atoms with Crippen molar-refractivity contribution in [1.29, 1.82) is 0 Å². The molecule has 5 nitrogen and oxygen atoms in total. The lowest BCUT2D eigenvalue weighted by Crippen LogP contribution is -2.49. The van der Waals surface area contributed by atoms with Crippen LogP contribution in [-0.4, -0.2) is 35.8 Å². The Hall–Kier alpha value is -1.78. The molecular formula is C18H26N2O3. The fourth-order valence-corrected chi connectivity index (χ4v) is 4.01. The van der Waals surface area contributed by atoms with Crippen LogP contribution < -0.4 is 5.32 Å². The van der Waals surface area contributed by atoms with Crippen molar-refractivity contribution >= 4 is 11.8 Å². The minimum absolute atomic E-state index is 0.215. The quantitative estimate of drug-likeness (QED) is 0.849. The summed E-state index contributed by atoms with van der Waals surface area (Å²) < 4.78 is 5.04. The number of carbonyl (C=O) groups is 2. The molecule has 0 bridgehead atoms. The van der Waals surface area contributed by atoms with E-state index in [-0.39, 0.29) is 11.8 Å². The van der Waals surface area contributed by atoms with Crippen LogP contribution in [0.5, 0.6) is 0 Å². The third-order valence-electron chi connectivity index (χ3n) is 5.16. The van der Waals surface area contributed by atoms with Gasteiger partial charge in [-0.25, -0.2) is 0 Å². The lowest BCUT2D eigenvalue weighted by Gasteiger charge is -2.44. The van der Waals surface area contributed by atoms with Crippen LogP contribution in [0.1, 0.15) is 61.9 Å². The fraction of sp³-hybridized carbons (Fsp3) is 0.667. The van der Waals surface area contributed by atoms with E-state index in [1.165, 1.54) is 38.4 Å². The van der Waals surface area contributed by atoms with Crippen LogP contribution in [0.3, 0.4) is 0 Å². The molecule has 1 aliphatic carbocycles. The van der Waals surface area contributed by atoms with Crippen LogP contribution in [0.25, 0.3) is 0 Å². The third kappa shape index (κ3) is 3.95. The molecule has 3 rings (SSSR count). The topological polar surface area (TPSA) is 62.6 Å². The van der Waals surface area contributed by atoms with E-state index < -0.39 is 0 Å². The molecule has 23 heavy (non-hydrogen) atoms. The second-order valence-electron chi connectivity index (χ2n) is 6.68. The highest BCUT2D eigenvalue weighted by Gasteiger charge is 2.35. The Morgan fingerprint density at radius 1 is 1.22 bits per heavy atom. The molecule has 5 heteroatoms. The molecule has 1 saturated carbocycles. The van der Waals surface area contributed by atoms with Crippen molar-refractivity contribution in [3.63, 3.8) is 0 Å². The molecule has 2 heterocycles. The second-order valence-corrected chi connectivity index (χ2v) is 6.68. The molecular weight excluding hydrogens is 292 g/mol. The first-order valence-electron chi connectivity index (χ1n) is 8.87. The van der Waals surface area contributed by atoms with Crippen molar-refractivity contribution in [2.45, 2.75) is 57.4 Å². The van der Waals surface area contributed by atoms with Gasteiger partial charge in [-0.05, 0) is 50.2 Å². The first-order valence-corrected chi connectivity index (χ1v) is 8.87. The number of furan rings is 1. The molecule has 2 atom stereocenters. The van der Waals surface area contributed by atoms with Crippen LogP contribution in [-0.2, 0) is 4.79 Å². The molecule has 2 amide bonds. The van der Waals surface area contributed by atoms with E-state index in [0.717, 1.165) is 18.9 Å². The van der Waals surface area contributed by atoms with Gasteiger partial charge in [0.25, 0.3) is 5.91 Å². The van der Waals surface area contributed by atoms with Crippen molar-refractivity contribution in [3.05, 3.63) is 24.2 Å². The smallest absolute Gasteiger partial charge is 0.286 e. The van der Waals surface area contributed by atoms with Gasteiger partial charge in [-0.15, -0.1) is 0 Å². The van der Waals surface area contributed by atoms with Crippen molar-refractivity contribution < 1.29 is 14.0 Å². The standard InChI is InChI=1S/C18H26N2O3/c21-17(10-3-11-19-18(22)16-9-5-13-23-16)20-12-4-7-14-6-1-2-8-15(14)20/h5,9,13-15H,1-4,6-8,10-12H2,(H,19,22). The van der Waals surface area contributed by atoms with Crippen LogP contribution in [0.15, 0.2) is 22.8 Å². The van der Waals surface area contributed by atoms with E-state index in [4.69, 9.17) is 4.42 Å². The summed E-state index contributed by atoms with van der Waals surface area (Å²) in [6.07, 6.45) is 10.1. The molecule has 0 radical (unpaired) electrons. The highest BCUT2D eigenvalue weighted by Crippen LogP contribution is 2.35. The average Bonchev–Trinajstić information content (AvgIpc) is 3.12. The van der Waals surface area contributed by atoms with Crippen LogP contribution in [0.2, 0.25) is 0 Å². The molecule has 2 unspecified atom stereocenters. The number of likely N-dealkylation sites (tertiary alicyclic amines) is 1. The molecule has 0 aromatic carbocycles. The molecule has 1 aliphatic heterocycles. The Bertz CT molecular complexity index is 524. The van der Waals surface area contributed by atoms with E-state index in [1.807, 2.05) is 0 Å². The Morgan fingerprint density at radius 3 is 2.87 bits per heavy atom. The number of nitrogens with zero attached hydrogens (tertiary/aromatic N) is 1. The van der Waals surface area contributed by atoms with Gasteiger partial charge < -0.3 is 14.6 Å². The van der Waals surface area contributed by atoms with Gasteiger partial charge in [-0.2, -0.15) is 0 Å². The summed E-state index contributed by atoms with van der Waals surface area (Å²) in [5.41, 5.74) is 0. The summed E-state index contributed by atoms with van der Waals surface area (Å²) in [4.78, 5) is 26.4. The molecule has 1 aromatic rings. The first kappa shape index (κ1) is 16.1. The number of hydrogen-bond acceptors (Lipinski definition) is 3. The van der Waals surface area contributed by atoms with Crippen LogP contribution in [0, 0.1) is 5.92 Å². The van der Waals surface area contributed by atoms with E-state index >= 15 is 0 Å². The van der Waals surface area contributed by atoms with Crippen molar-refractivity contribution in [2.24, 2.45) is 5.92 Å². The van der Waals surface area contributed by atoms with E-state index in [1.54, 1.807) is 12.1 Å². The first-order chi connectivity index (χ1) is 11.3. The largest absolute Gasteiger partial charge is 0.459 e. The summed E-state index contributed by atoms with van der Waals surface area (Å²) in [5, 5.41) is 2.80. The van der Waals surface area contributed by atoms with Gasteiger partial charge in [-0.1, -0.05) is 12.8 Å². The molecule has 2 aliphatic rings. The maximum atomic E-state index is 12.5. The summed E-state index contributed by atoms with van der Waals surface area (Å²) in [6, 6.07) is 3.80. The van der Waals surface area contributed by atoms with E-state index in [9.17, 15) is 9.59 Å². The maximum absolute atomic E-state index is 12.5. The zero-order chi connectivity index (χ0) is 16.1. The van der Waals surface area contributed by atoms with Crippen molar-refractivity contribution in [1.82, 2.24) is 10.2 Å². The Labute approximate surface area is 137 Å². The normalized spacial score (nSPS) is 24.1. The van der Waals surface area contributed by atoms with E-state index in [0.29, 0.717) is 31.2 Å². The monoisotopic (exact) mass is 318 g/mol. The lowest BCUT2D eigenvalue weighted by molar-refractivity contribution is -0.137. The number of fused-ring (bicyclic) bond motifs is 1. The van der Waals surface area contributed by atoms with Gasteiger partial charge >= 0.3 is 0 Å². The highest BCUT2D eigenvalue weighted by molar-refractivity contribution is 5.91. The van der Waals surface area contributed by atoms with E-state index in [2.05, 4.69) is 10.2 Å². The van der Waals surface area contributed by atoms with Crippen molar-refractivity contribution in [2.75, 3.05) is 13.1 Å². The molecule has 1 N–H and O–H groups in total. The van der Waals surface area contributed by atoms with Gasteiger partial charge in [0.2, 0.25) is 5.91 Å². The number of hydrogen-bond donors (Lipinski definition) is 1. The van der Waals surface area contributed by atoms with Gasteiger partial charge in [-0.3, -0.25) is 9.59 Å². The van der Waals surface area contributed by atoms with Crippen LogP contribution in [0.4, 0.5) is 0 Å². The number of piperidine rings is 1. The van der Waals surface area contributed by atoms with Crippen LogP contribution >= 0.6 is 0 Å². The number of rotatable bonds is 5. The predicted molar refractivity (Wildman–Crippen MR) is 87.0 cm³/mol. The van der Waals surface area contributed by atoms with Crippen molar-refractivity contribution in [3.8, 4) is 0 Å². The number of nitrogens with one attached hydrogen (secondary N) is 1. The molecule has 126 valence electrons. The fourth-order valence-electron chi connectivity index (χ4n) is 4.01. The number of carbonyl (C=O) groups excluding carboxylic acids is 2. The van der Waals surface area contributed by atoms with Gasteiger partial charge in [0.15, 0.2) is 5.76 Å². The van der Waals surface area contributed by atoms with Gasteiger partial charge in [0.05, 0.1) is 6.26 Å². The SMILES string of the molecule is O=C(NCCCC(=O)N1CCCC2CCCCC21)c1ccco1. The minimum atomic E-state index is -0.215. The third-order valence-corrected chi connectivity index (χ3v) is 5.16. The summed E-state index contributed by atoms with van der Waals surface area (Å²) >= 11 is 0. The molecule has 2 fully saturated rings. The Balaban J connectivity index is 1.41. The zero-order valence-corrected chi connectivity index (χ0v) is 13.6. The number of amides is 2. The lowest BCUT2D eigenvalue weighted by atomic mass is 9.78. The predicted octanol–water partition coefficient (Wildman–Crippen LogP) is 2.97. The Kier molecular flexibility index (Phi) is 5.36. The second kappa shape index (κ2) is 7.66. The highest BCUT2D eigenvalue weighted by atomic mass is 16.3. The summed E-state index contributed by atoms with van der Waals surface area (Å²) in [6.45, 7) is 1.42. The molecule has 1 aromatic heterocycles. The maximum Gasteiger partial charge on any atom is 0.286 e. The molecule has 0 spiro atoms. The zero-order valence-electron chi connectivity index (χ0n) is 13.6. The molecule has 1 saturated heterocycles. The minimum Gasteiger partial charge on any atom is -0.459 e. The average molecular weight is 318 g/mol. The van der Waals surface area contributed by atoms with Gasteiger partial charge in [0.1, 0.15) is 0 Å². The summed E-state index contributed by atoms with van der Waals surface area (Å²) in [7, 11) is 0.